The summed E-state index contributed by atoms with van der Waals surface area (Å²) < 4.78 is 12.7. The van der Waals surface area contributed by atoms with Crippen LogP contribution in [0.1, 0.15) is 57.6 Å². The lowest BCUT2D eigenvalue weighted by Gasteiger charge is -2.37. The third-order valence-electron chi connectivity index (χ3n) is 4.81. The van der Waals surface area contributed by atoms with Gasteiger partial charge in [-0.15, -0.1) is 0 Å². The molecule has 1 aliphatic heterocycles. The highest BCUT2D eigenvalue weighted by molar-refractivity contribution is 6.47. The van der Waals surface area contributed by atoms with Crippen molar-refractivity contribution in [2.75, 3.05) is 13.2 Å². The molecule has 25 heavy (non-hydrogen) atoms. The Morgan fingerprint density at radius 1 is 1.44 bits per heavy atom. The summed E-state index contributed by atoms with van der Waals surface area (Å²) in [5, 5.41) is 13.0. The van der Waals surface area contributed by atoms with Crippen LogP contribution < -0.4 is 10.8 Å². The molecule has 0 fully saturated rings. The van der Waals surface area contributed by atoms with Crippen molar-refractivity contribution in [1.82, 2.24) is 9.88 Å². The number of esters is 1. The minimum Gasteiger partial charge on any atom is -0.466 e. The lowest BCUT2D eigenvalue weighted by molar-refractivity contribution is -0.144. The fraction of sp³-hybridized carbons (Fsp3) is 0.647. The fourth-order valence-corrected chi connectivity index (χ4v) is 2.52. The van der Waals surface area contributed by atoms with Gasteiger partial charge in [-0.2, -0.15) is 0 Å². The maximum atomic E-state index is 12.1. The van der Waals surface area contributed by atoms with E-state index in [4.69, 9.17) is 9.39 Å². The van der Waals surface area contributed by atoms with Crippen molar-refractivity contribution < 1.29 is 24.1 Å². The Bertz CT molecular complexity index is 648. The van der Waals surface area contributed by atoms with Crippen molar-refractivity contribution in [1.29, 1.82) is 0 Å². The van der Waals surface area contributed by atoms with Crippen LogP contribution in [-0.2, 0) is 14.2 Å². The van der Waals surface area contributed by atoms with E-state index in [1.807, 2.05) is 24.6 Å². The number of ether oxygens (including phenoxy) is 1. The lowest BCUT2D eigenvalue weighted by atomic mass is 9.84. The summed E-state index contributed by atoms with van der Waals surface area (Å²) in [5.74, 6) is -0.461. The van der Waals surface area contributed by atoms with E-state index >= 15 is 0 Å². The van der Waals surface area contributed by atoms with Crippen LogP contribution >= 0.6 is 0 Å². The predicted octanol–water partition coefficient (Wildman–Crippen LogP) is 0.269. The molecule has 8 heteroatoms. The average Bonchev–Trinajstić information content (AvgIpc) is 2.93. The molecule has 0 saturated heterocycles. The van der Waals surface area contributed by atoms with Crippen LogP contribution in [0, 0.1) is 0 Å². The topological polar surface area (TPSA) is 89.8 Å². The van der Waals surface area contributed by atoms with Crippen LogP contribution in [0.25, 0.3) is 0 Å². The molecule has 7 nitrogen and oxygen atoms in total. The Kier molecular flexibility index (Phi) is 5.63. The van der Waals surface area contributed by atoms with Crippen LogP contribution in [0.2, 0.25) is 0 Å². The Hall–Kier alpha value is -1.80. The zero-order chi connectivity index (χ0) is 18.8. The molecule has 1 unspecified atom stereocenters. The number of rotatable bonds is 7. The normalized spacial score (nSPS) is 17.7. The van der Waals surface area contributed by atoms with Crippen molar-refractivity contribution in [2.24, 2.45) is 0 Å². The van der Waals surface area contributed by atoms with E-state index < -0.39 is 11.2 Å². The molecule has 0 radical (unpaired) electrons. The largest absolute Gasteiger partial charge is 0.466 e. The molecule has 2 N–H and O–H groups in total. The van der Waals surface area contributed by atoms with Gasteiger partial charge in [-0.25, -0.2) is 0 Å². The quantitative estimate of drug-likeness (QED) is 0.544. The monoisotopic (exact) mass is 350 g/mol. The first-order chi connectivity index (χ1) is 11.5. The van der Waals surface area contributed by atoms with Crippen LogP contribution in [-0.4, -0.2) is 53.4 Å². The first kappa shape index (κ1) is 19.5. The summed E-state index contributed by atoms with van der Waals surface area (Å²) in [6.45, 7) is 9.51. The minimum absolute atomic E-state index is 0.173. The number of nitrogens with zero attached hydrogens (tertiary/aromatic N) is 1. The van der Waals surface area contributed by atoms with E-state index in [-0.39, 0.29) is 31.8 Å². The second-order valence-electron chi connectivity index (χ2n) is 7.37. The van der Waals surface area contributed by atoms with E-state index in [0.29, 0.717) is 18.8 Å². The number of fused-ring (bicyclic) bond motifs is 1. The number of hydrogen-bond acceptors (Lipinski definition) is 5. The van der Waals surface area contributed by atoms with Gasteiger partial charge in [0.2, 0.25) is 0 Å². The van der Waals surface area contributed by atoms with Crippen LogP contribution in [0.15, 0.2) is 12.3 Å². The third kappa shape index (κ3) is 4.44. The highest BCUT2D eigenvalue weighted by atomic mass is 16.5. The molecule has 138 valence electrons. The first-order valence-electron chi connectivity index (χ1n) is 8.56. The standard InChI is InChI=1S/C17H27BN2O5/c1-6-24-14(21)8-12-9-19-15(22)13-7-11(10-20(12)13)18-25-17(4,5)16(2,3)23/h7,10,12,18,23H,6,8-9H2,1-5H3,(H,19,22). The Morgan fingerprint density at radius 2 is 2.12 bits per heavy atom. The summed E-state index contributed by atoms with van der Waals surface area (Å²) >= 11 is 0. The van der Waals surface area contributed by atoms with Crippen molar-refractivity contribution in [3.63, 3.8) is 0 Å². The van der Waals surface area contributed by atoms with E-state index in [9.17, 15) is 14.7 Å². The summed E-state index contributed by atoms with van der Waals surface area (Å²) in [6, 6.07) is 1.58. The number of carbonyl (C=O) groups excluding carboxylic acids is 2. The molecule has 0 spiro atoms. The van der Waals surface area contributed by atoms with Crippen molar-refractivity contribution in [3.05, 3.63) is 18.0 Å². The van der Waals surface area contributed by atoms with Crippen LogP contribution in [0.4, 0.5) is 0 Å². The first-order valence-corrected chi connectivity index (χ1v) is 8.56. The maximum Gasteiger partial charge on any atom is 0.311 e. The van der Waals surface area contributed by atoms with Gasteiger partial charge >= 0.3 is 13.5 Å². The molecule has 1 amide bonds. The number of aromatic nitrogens is 1. The summed E-state index contributed by atoms with van der Waals surface area (Å²) in [4.78, 5) is 23.9. The molecule has 1 aromatic rings. The molecular formula is C17H27BN2O5. The van der Waals surface area contributed by atoms with Gasteiger partial charge in [-0.05, 0) is 46.1 Å². The summed E-state index contributed by atoms with van der Waals surface area (Å²) in [6.07, 6.45) is 2.03. The molecule has 0 aromatic carbocycles. The molecule has 0 aliphatic carbocycles. The smallest absolute Gasteiger partial charge is 0.311 e. The lowest BCUT2D eigenvalue weighted by Crippen LogP contribution is -2.49. The van der Waals surface area contributed by atoms with E-state index in [1.54, 1.807) is 26.8 Å². The molecule has 2 rings (SSSR count). The molecule has 0 bridgehead atoms. The molecule has 2 heterocycles. The second kappa shape index (κ2) is 7.21. The van der Waals surface area contributed by atoms with Gasteiger partial charge in [0.15, 0.2) is 0 Å². The zero-order valence-corrected chi connectivity index (χ0v) is 15.6. The van der Waals surface area contributed by atoms with Gasteiger partial charge in [0.05, 0.1) is 30.3 Å². The van der Waals surface area contributed by atoms with E-state index in [1.165, 1.54) is 0 Å². The molecule has 0 saturated carbocycles. The van der Waals surface area contributed by atoms with E-state index in [0.717, 1.165) is 5.46 Å². The molecule has 1 aromatic heterocycles. The number of aliphatic hydroxyl groups is 1. The Balaban J connectivity index is 2.14. The second-order valence-corrected chi connectivity index (χ2v) is 7.37. The van der Waals surface area contributed by atoms with Crippen molar-refractivity contribution >= 4 is 24.8 Å². The Morgan fingerprint density at radius 3 is 2.72 bits per heavy atom. The predicted molar refractivity (Wildman–Crippen MR) is 95.3 cm³/mol. The molecule has 1 aliphatic rings. The van der Waals surface area contributed by atoms with Gasteiger partial charge in [0, 0.05) is 12.7 Å². The van der Waals surface area contributed by atoms with Gasteiger partial charge < -0.3 is 24.4 Å². The highest BCUT2D eigenvalue weighted by Crippen LogP contribution is 2.24. The number of hydrogen-bond donors (Lipinski definition) is 2. The third-order valence-corrected chi connectivity index (χ3v) is 4.81. The number of carbonyl (C=O) groups is 2. The SMILES string of the molecule is CCOC(=O)CC1CNC(=O)c2cc(BOC(C)(C)C(C)(C)O)cn21. The maximum absolute atomic E-state index is 12.1. The van der Waals surface area contributed by atoms with Crippen LogP contribution in [0.3, 0.4) is 0 Å². The van der Waals surface area contributed by atoms with Gasteiger partial charge in [0.1, 0.15) is 5.69 Å². The fourth-order valence-electron chi connectivity index (χ4n) is 2.52. The highest BCUT2D eigenvalue weighted by Gasteiger charge is 2.36. The molecular weight excluding hydrogens is 323 g/mol. The van der Waals surface area contributed by atoms with Crippen LogP contribution in [0.5, 0.6) is 0 Å². The van der Waals surface area contributed by atoms with Gasteiger partial charge in [-0.1, -0.05) is 0 Å². The zero-order valence-electron chi connectivity index (χ0n) is 15.6. The minimum atomic E-state index is -1.00. The Labute approximate surface area is 149 Å². The van der Waals surface area contributed by atoms with Gasteiger partial charge in [-0.3, -0.25) is 9.59 Å². The summed E-state index contributed by atoms with van der Waals surface area (Å²) in [7, 11) is 0.260. The van der Waals surface area contributed by atoms with E-state index in [2.05, 4.69) is 5.32 Å². The van der Waals surface area contributed by atoms with Crippen molar-refractivity contribution in [3.8, 4) is 0 Å². The summed E-state index contributed by atoms with van der Waals surface area (Å²) in [5.41, 5.74) is -0.434. The number of nitrogens with one attached hydrogen (secondary N) is 1. The van der Waals surface area contributed by atoms with Crippen molar-refractivity contribution in [2.45, 2.75) is 58.3 Å². The number of amides is 1. The average molecular weight is 350 g/mol. The van der Waals surface area contributed by atoms with Gasteiger partial charge in [0.25, 0.3) is 5.91 Å². The molecule has 1 atom stereocenters.